The van der Waals surface area contributed by atoms with Crippen LogP contribution in [0.2, 0.25) is 0 Å². The first kappa shape index (κ1) is 15.3. The van der Waals surface area contributed by atoms with Crippen molar-refractivity contribution in [3.8, 4) is 0 Å². The summed E-state index contributed by atoms with van der Waals surface area (Å²) < 4.78 is 0. The highest BCUT2D eigenvalue weighted by atomic mass is 35.5. The highest BCUT2D eigenvalue weighted by Gasteiger charge is 2.15. The summed E-state index contributed by atoms with van der Waals surface area (Å²) >= 11 is 0. The zero-order chi connectivity index (χ0) is 12.1. The first-order valence-electron chi connectivity index (χ1n) is 6.61. The molecule has 18 heavy (non-hydrogen) atoms. The molecule has 0 amide bonds. The molecule has 3 nitrogen and oxygen atoms in total. The van der Waals surface area contributed by atoms with Crippen molar-refractivity contribution in [2.45, 2.75) is 25.7 Å². The van der Waals surface area contributed by atoms with E-state index in [0.29, 0.717) is 0 Å². The minimum Gasteiger partial charge on any atom is -0.370 e. The molecule has 0 saturated carbocycles. The third kappa shape index (κ3) is 4.14. The van der Waals surface area contributed by atoms with E-state index in [2.05, 4.69) is 41.0 Å². The lowest BCUT2D eigenvalue weighted by atomic mass is 10.2. The highest BCUT2D eigenvalue weighted by molar-refractivity contribution is 5.85. The van der Waals surface area contributed by atoms with E-state index in [1.54, 1.807) is 0 Å². The molecule has 0 unspecified atom stereocenters. The van der Waals surface area contributed by atoms with Gasteiger partial charge in [-0.1, -0.05) is 0 Å². The second-order valence-electron chi connectivity index (χ2n) is 5.07. The summed E-state index contributed by atoms with van der Waals surface area (Å²) in [5.41, 5.74) is 2.65. The molecule has 0 atom stereocenters. The molecule has 2 rings (SSSR count). The number of rotatable bonds is 4. The number of hydrogen-bond acceptors (Lipinski definition) is 3. The van der Waals surface area contributed by atoms with Crippen LogP contribution in [0.3, 0.4) is 0 Å². The zero-order valence-corrected chi connectivity index (χ0v) is 12.2. The second-order valence-corrected chi connectivity index (χ2v) is 5.07. The van der Waals surface area contributed by atoms with Crippen molar-refractivity contribution in [1.29, 1.82) is 0 Å². The van der Waals surface area contributed by atoms with Crippen molar-refractivity contribution in [2.24, 2.45) is 0 Å². The summed E-state index contributed by atoms with van der Waals surface area (Å²) in [6.07, 6.45) is 6.84. The molecule has 0 aromatic carbocycles. The molecule has 1 aliphatic heterocycles. The third-order valence-electron chi connectivity index (χ3n) is 3.33. The highest BCUT2D eigenvalue weighted by Crippen LogP contribution is 2.24. The fourth-order valence-corrected chi connectivity index (χ4v) is 2.44. The van der Waals surface area contributed by atoms with E-state index in [4.69, 9.17) is 0 Å². The lowest BCUT2D eigenvalue weighted by Crippen LogP contribution is -2.28. The molecule has 0 fully saturated rings. The fraction of sp³-hybridized carbons (Fsp3) is 0.643. The van der Waals surface area contributed by atoms with E-state index in [0.717, 1.165) is 19.5 Å². The number of hydrogen-bond donors (Lipinski definition) is 0. The molecule has 0 N–H and O–H groups in total. The number of halogens is 1. The molecule has 0 saturated heterocycles. The molecule has 2 heterocycles. The Morgan fingerprint density at radius 2 is 2.17 bits per heavy atom. The SMILES string of the molecule is CN(C)CCCN1CCCCc2ncccc21.Cl. The summed E-state index contributed by atoms with van der Waals surface area (Å²) in [4.78, 5) is 9.29. The van der Waals surface area contributed by atoms with Gasteiger partial charge in [-0.2, -0.15) is 0 Å². The predicted molar refractivity (Wildman–Crippen MR) is 79.8 cm³/mol. The molecule has 0 aliphatic carbocycles. The molecular weight excluding hydrogens is 246 g/mol. The van der Waals surface area contributed by atoms with Gasteiger partial charge in [0.15, 0.2) is 0 Å². The molecular formula is C14H24ClN3. The van der Waals surface area contributed by atoms with E-state index >= 15 is 0 Å². The van der Waals surface area contributed by atoms with Crippen molar-refractivity contribution in [2.75, 3.05) is 38.6 Å². The monoisotopic (exact) mass is 269 g/mol. The van der Waals surface area contributed by atoms with E-state index in [1.165, 1.54) is 37.2 Å². The average molecular weight is 270 g/mol. The topological polar surface area (TPSA) is 19.4 Å². The molecule has 0 spiro atoms. The maximum absolute atomic E-state index is 4.52. The van der Waals surface area contributed by atoms with Gasteiger partial charge in [0, 0.05) is 19.3 Å². The Balaban J connectivity index is 0.00000162. The van der Waals surface area contributed by atoms with Crippen LogP contribution in [0.15, 0.2) is 18.3 Å². The van der Waals surface area contributed by atoms with Crippen LogP contribution in [0.25, 0.3) is 0 Å². The van der Waals surface area contributed by atoms with Crippen molar-refractivity contribution in [1.82, 2.24) is 9.88 Å². The summed E-state index contributed by atoms with van der Waals surface area (Å²) in [6, 6.07) is 4.28. The Morgan fingerprint density at radius 1 is 1.33 bits per heavy atom. The van der Waals surface area contributed by atoms with Crippen LogP contribution >= 0.6 is 12.4 Å². The Hall–Kier alpha value is -0.800. The first-order valence-corrected chi connectivity index (χ1v) is 6.61. The predicted octanol–water partition coefficient (Wildman–Crippen LogP) is 2.60. The minimum absolute atomic E-state index is 0. The Morgan fingerprint density at radius 3 is 2.94 bits per heavy atom. The number of aromatic nitrogens is 1. The Bertz CT molecular complexity index is 355. The van der Waals surface area contributed by atoms with Crippen LogP contribution in [0, 0.1) is 0 Å². The molecule has 0 radical (unpaired) electrons. The van der Waals surface area contributed by atoms with Gasteiger partial charge in [0.2, 0.25) is 0 Å². The fourth-order valence-electron chi connectivity index (χ4n) is 2.44. The van der Waals surface area contributed by atoms with Gasteiger partial charge in [-0.25, -0.2) is 0 Å². The summed E-state index contributed by atoms with van der Waals surface area (Å²) in [5.74, 6) is 0. The molecule has 102 valence electrons. The molecule has 0 bridgehead atoms. The zero-order valence-electron chi connectivity index (χ0n) is 11.4. The van der Waals surface area contributed by atoms with Gasteiger partial charge >= 0.3 is 0 Å². The first-order chi connectivity index (χ1) is 8.27. The average Bonchev–Trinajstić information content (AvgIpc) is 2.52. The largest absolute Gasteiger partial charge is 0.370 e. The van der Waals surface area contributed by atoms with Gasteiger partial charge in [-0.15, -0.1) is 12.4 Å². The van der Waals surface area contributed by atoms with Gasteiger partial charge in [-0.3, -0.25) is 4.98 Å². The number of pyridine rings is 1. The van der Waals surface area contributed by atoms with E-state index in [-0.39, 0.29) is 12.4 Å². The van der Waals surface area contributed by atoms with Gasteiger partial charge < -0.3 is 9.80 Å². The van der Waals surface area contributed by atoms with Crippen LogP contribution in [-0.4, -0.2) is 43.6 Å². The third-order valence-corrected chi connectivity index (χ3v) is 3.33. The quantitative estimate of drug-likeness (QED) is 0.838. The number of fused-ring (bicyclic) bond motifs is 1. The van der Waals surface area contributed by atoms with Crippen molar-refractivity contribution in [3.05, 3.63) is 24.0 Å². The van der Waals surface area contributed by atoms with E-state index < -0.39 is 0 Å². The van der Waals surface area contributed by atoms with Crippen molar-refractivity contribution in [3.63, 3.8) is 0 Å². The van der Waals surface area contributed by atoms with Crippen molar-refractivity contribution >= 4 is 18.1 Å². The van der Waals surface area contributed by atoms with Gasteiger partial charge in [0.05, 0.1) is 11.4 Å². The lowest BCUT2D eigenvalue weighted by Gasteiger charge is -2.25. The number of aryl methyl sites for hydroxylation is 1. The van der Waals surface area contributed by atoms with Crippen LogP contribution in [0.5, 0.6) is 0 Å². The minimum atomic E-state index is 0. The standard InChI is InChI=1S/C14H23N3.ClH/c1-16(2)10-6-12-17-11-4-3-7-13-14(17)8-5-9-15-13;/h5,8-9H,3-4,6-7,10-12H2,1-2H3;1H. The van der Waals surface area contributed by atoms with Crippen LogP contribution in [0.1, 0.15) is 25.0 Å². The van der Waals surface area contributed by atoms with Crippen LogP contribution in [-0.2, 0) is 6.42 Å². The normalized spacial score (nSPS) is 14.9. The van der Waals surface area contributed by atoms with Crippen LogP contribution in [0.4, 0.5) is 5.69 Å². The van der Waals surface area contributed by atoms with Gasteiger partial charge in [-0.05, 0) is 58.5 Å². The maximum atomic E-state index is 4.52. The molecule has 1 aliphatic rings. The summed E-state index contributed by atoms with van der Waals surface area (Å²) in [5, 5.41) is 0. The van der Waals surface area contributed by atoms with Crippen LogP contribution < -0.4 is 4.90 Å². The van der Waals surface area contributed by atoms with Gasteiger partial charge in [0.25, 0.3) is 0 Å². The van der Waals surface area contributed by atoms with Crippen molar-refractivity contribution < 1.29 is 0 Å². The van der Waals surface area contributed by atoms with E-state index in [1.807, 2.05) is 6.20 Å². The lowest BCUT2D eigenvalue weighted by molar-refractivity contribution is 0.400. The number of nitrogens with zero attached hydrogens (tertiary/aromatic N) is 3. The summed E-state index contributed by atoms with van der Waals surface area (Å²) in [6.45, 7) is 3.50. The van der Waals surface area contributed by atoms with Gasteiger partial charge in [0.1, 0.15) is 0 Å². The molecule has 4 heteroatoms. The van der Waals surface area contributed by atoms with E-state index in [9.17, 15) is 0 Å². The smallest absolute Gasteiger partial charge is 0.0636 e. The molecule has 1 aromatic rings. The maximum Gasteiger partial charge on any atom is 0.0636 e. The summed E-state index contributed by atoms with van der Waals surface area (Å²) in [7, 11) is 4.27. The number of anilines is 1. The Labute approximate surface area is 117 Å². The molecule has 1 aromatic heterocycles. The second kappa shape index (κ2) is 7.59. The Kier molecular flexibility index (Phi) is 6.44.